The molecule has 7 heteroatoms. The van der Waals surface area contributed by atoms with Crippen molar-refractivity contribution in [3.8, 4) is 0 Å². The summed E-state index contributed by atoms with van der Waals surface area (Å²) in [6.07, 6.45) is 7.44. The Hall–Kier alpha value is -3.13. The van der Waals surface area contributed by atoms with Crippen LogP contribution in [0.4, 0.5) is 8.78 Å². The minimum absolute atomic E-state index is 0.0644. The van der Waals surface area contributed by atoms with E-state index in [1.54, 1.807) is 0 Å². The summed E-state index contributed by atoms with van der Waals surface area (Å²) >= 11 is 6.02. The lowest BCUT2D eigenvalue weighted by atomic mass is 9.94. The highest BCUT2D eigenvalue weighted by Crippen LogP contribution is 2.33. The van der Waals surface area contributed by atoms with E-state index >= 15 is 0 Å². The van der Waals surface area contributed by atoms with E-state index in [1.165, 1.54) is 35.4 Å². The molecule has 0 aromatic heterocycles. The van der Waals surface area contributed by atoms with E-state index in [0.29, 0.717) is 12.5 Å². The first-order valence-electron chi connectivity index (χ1n) is 14.8. The largest absolute Gasteiger partial charge is 0.314 e. The molecule has 1 aliphatic carbocycles. The third kappa shape index (κ3) is 8.24. The Labute approximate surface area is 253 Å². The first-order valence-corrected chi connectivity index (χ1v) is 15.1. The number of halogens is 3. The van der Waals surface area contributed by atoms with Crippen molar-refractivity contribution in [2.24, 2.45) is 0 Å². The van der Waals surface area contributed by atoms with Gasteiger partial charge in [0.15, 0.2) is 0 Å². The summed E-state index contributed by atoms with van der Waals surface area (Å²) in [5.74, 6) is -0.461. The van der Waals surface area contributed by atoms with E-state index in [0.717, 1.165) is 68.5 Å². The Kier molecular flexibility index (Phi) is 11.1. The molecule has 2 aliphatic heterocycles. The van der Waals surface area contributed by atoms with Gasteiger partial charge in [-0.15, -0.1) is 0 Å². The summed E-state index contributed by atoms with van der Waals surface area (Å²) in [6, 6.07) is 26.0. The molecular weight excluding hydrogens is 550 g/mol. The van der Waals surface area contributed by atoms with Crippen LogP contribution < -0.4 is 10.6 Å². The van der Waals surface area contributed by atoms with Gasteiger partial charge in [0.1, 0.15) is 11.6 Å². The van der Waals surface area contributed by atoms with Gasteiger partial charge < -0.3 is 10.6 Å². The first kappa shape index (κ1) is 30.3. The van der Waals surface area contributed by atoms with E-state index in [9.17, 15) is 8.78 Å². The molecule has 0 amide bonds. The summed E-state index contributed by atoms with van der Waals surface area (Å²) in [4.78, 5) is 4.91. The van der Waals surface area contributed by atoms with Crippen LogP contribution in [0.2, 0.25) is 5.02 Å². The molecule has 2 saturated heterocycles. The lowest BCUT2D eigenvalue weighted by Crippen LogP contribution is -2.45. The number of allylic oxidation sites excluding steroid dienone is 5. The number of nitrogens with one attached hydrogen (secondary N) is 2. The monoisotopic (exact) mass is 588 g/mol. The number of piperazine rings is 2. The zero-order valence-corrected chi connectivity index (χ0v) is 24.6. The second-order valence-electron chi connectivity index (χ2n) is 10.8. The SMILES string of the molecule is Clc1ccc(C(c2ccccc2)N2CCNCC2)cc1.FC1=CC=C(C(c2ccc(F)cc2)N2CCNCC2)CC=C1. The van der Waals surface area contributed by atoms with Crippen LogP contribution in [0.25, 0.3) is 0 Å². The van der Waals surface area contributed by atoms with Crippen molar-refractivity contribution in [1.82, 2.24) is 20.4 Å². The number of nitrogens with zero attached hydrogens (tertiary/aromatic N) is 2. The van der Waals surface area contributed by atoms with Crippen LogP contribution in [-0.2, 0) is 0 Å². The number of benzene rings is 3. The number of rotatable bonds is 6. The fourth-order valence-corrected chi connectivity index (χ4v) is 6.03. The Morgan fingerprint density at radius 2 is 1.14 bits per heavy atom. The van der Waals surface area contributed by atoms with Crippen LogP contribution in [-0.4, -0.2) is 62.2 Å². The quantitative estimate of drug-likeness (QED) is 0.330. The van der Waals surface area contributed by atoms with E-state index in [1.807, 2.05) is 36.4 Å². The molecule has 0 radical (unpaired) electrons. The maximum atomic E-state index is 13.4. The van der Waals surface area contributed by atoms with Gasteiger partial charge >= 0.3 is 0 Å². The lowest BCUT2D eigenvalue weighted by molar-refractivity contribution is 0.194. The highest BCUT2D eigenvalue weighted by molar-refractivity contribution is 6.30. The molecule has 2 fully saturated rings. The Balaban J connectivity index is 0.000000169. The van der Waals surface area contributed by atoms with Crippen LogP contribution in [0.15, 0.2) is 115 Å². The summed E-state index contributed by atoms with van der Waals surface area (Å²) in [5.41, 5.74) is 4.84. The van der Waals surface area contributed by atoms with Gasteiger partial charge in [-0.1, -0.05) is 78.4 Å². The molecule has 0 spiro atoms. The average molecular weight is 589 g/mol. The lowest BCUT2D eigenvalue weighted by Gasteiger charge is -2.36. The van der Waals surface area contributed by atoms with Crippen molar-refractivity contribution in [2.75, 3.05) is 52.4 Å². The van der Waals surface area contributed by atoms with Gasteiger partial charge in [-0.3, -0.25) is 9.80 Å². The van der Waals surface area contributed by atoms with Crippen molar-refractivity contribution >= 4 is 11.6 Å². The van der Waals surface area contributed by atoms with Crippen LogP contribution >= 0.6 is 11.6 Å². The van der Waals surface area contributed by atoms with Gasteiger partial charge in [-0.05, 0) is 65.1 Å². The molecule has 6 rings (SSSR count). The van der Waals surface area contributed by atoms with Gasteiger partial charge in [-0.2, -0.15) is 0 Å². The Bertz CT molecular complexity index is 1340. The second-order valence-corrected chi connectivity index (χ2v) is 11.2. The van der Waals surface area contributed by atoms with Crippen LogP contribution in [0.5, 0.6) is 0 Å². The van der Waals surface area contributed by atoms with Crippen LogP contribution in [0.1, 0.15) is 35.2 Å². The van der Waals surface area contributed by atoms with Gasteiger partial charge in [0.25, 0.3) is 0 Å². The molecule has 2 heterocycles. The zero-order chi connectivity index (χ0) is 29.1. The topological polar surface area (TPSA) is 30.5 Å². The van der Waals surface area contributed by atoms with Gasteiger partial charge in [0.2, 0.25) is 0 Å². The number of hydrogen-bond acceptors (Lipinski definition) is 4. The van der Waals surface area contributed by atoms with Crippen LogP contribution in [0.3, 0.4) is 0 Å². The highest BCUT2D eigenvalue weighted by Gasteiger charge is 2.26. The van der Waals surface area contributed by atoms with Crippen molar-refractivity contribution in [1.29, 1.82) is 0 Å². The smallest absolute Gasteiger partial charge is 0.123 e. The van der Waals surface area contributed by atoms with E-state index in [2.05, 4.69) is 62.9 Å². The molecule has 3 aromatic carbocycles. The van der Waals surface area contributed by atoms with Gasteiger partial charge in [0.05, 0.1) is 12.1 Å². The third-order valence-electron chi connectivity index (χ3n) is 7.96. The molecule has 3 aliphatic rings. The van der Waals surface area contributed by atoms with Crippen LogP contribution in [0, 0.1) is 5.82 Å². The van der Waals surface area contributed by atoms with Gasteiger partial charge in [0, 0.05) is 57.4 Å². The first-order chi connectivity index (χ1) is 20.6. The Morgan fingerprint density at radius 1 is 0.619 bits per heavy atom. The summed E-state index contributed by atoms with van der Waals surface area (Å²) in [5, 5.41) is 7.56. The maximum Gasteiger partial charge on any atom is 0.123 e. The van der Waals surface area contributed by atoms with E-state index in [4.69, 9.17) is 11.6 Å². The molecule has 0 saturated carbocycles. The fourth-order valence-electron chi connectivity index (χ4n) is 5.90. The van der Waals surface area contributed by atoms with E-state index < -0.39 is 0 Å². The summed E-state index contributed by atoms with van der Waals surface area (Å²) in [7, 11) is 0. The molecule has 42 heavy (non-hydrogen) atoms. The molecule has 4 nitrogen and oxygen atoms in total. The minimum atomic E-state index is -0.233. The number of hydrogen-bond donors (Lipinski definition) is 2. The minimum Gasteiger partial charge on any atom is -0.314 e. The highest BCUT2D eigenvalue weighted by atomic mass is 35.5. The molecular formula is C35H39ClF2N4. The maximum absolute atomic E-state index is 13.4. The van der Waals surface area contributed by atoms with Crippen molar-refractivity contribution in [2.45, 2.75) is 18.5 Å². The van der Waals surface area contributed by atoms with Crippen molar-refractivity contribution in [3.63, 3.8) is 0 Å². The predicted octanol–water partition coefficient (Wildman–Crippen LogP) is 6.85. The third-order valence-corrected chi connectivity index (χ3v) is 8.21. The molecule has 2 N–H and O–H groups in total. The molecule has 220 valence electrons. The molecule has 0 bridgehead atoms. The molecule has 2 atom stereocenters. The molecule has 2 unspecified atom stereocenters. The standard InChI is InChI=1S/C18H20F2N2.C17H19ClN2/c19-16-3-1-2-14(4-7-16)18(22-12-10-21-11-13-22)15-5-8-17(20)9-6-15;18-16-8-6-15(7-9-16)17(14-4-2-1-3-5-14)20-12-10-19-11-13-20/h1,3-9,18,21H,2,10-13H2;1-9,17,19H,10-13H2. The van der Waals surface area contributed by atoms with E-state index in [-0.39, 0.29) is 17.7 Å². The predicted molar refractivity (Wildman–Crippen MR) is 169 cm³/mol. The fraction of sp³-hybridized carbons (Fsp3) is 0.314. The normalized spacial score (nSPS) is 19.5. The van der Waals surface area contributed by atoms with Crippen molar-refractivity contribution in [3.05, 3.63) is 142 Å². The average Bonchev–Trinajstić information content (AvgIpc) is 3.25. The zero-order valence-electron chi connectivity index (χ0n) is 23.9. The Morgan fingerprint density at radius 3 is 1.76 bits per heavy atom. The molecule has 3 aromatic rings. The summed E-state index contributed by atoms with van der Waals surface area (Å²) < 4.78 is 26.7. The van der Waals surface area contributed by atoms with Gasteiger partial charge in [-0.25, -0.2) is 8.78 Å². The summed E-state index contributed by atoms with van der Waals surface area (Å²) in [6.45, 7) is 7.97. The second kappa shape index (κ2) is 15.4. The van der Waals surface area contributed by atoms with Crippen molar-refractivity contribution < 1.29 is 8.78 Å².